The van der Waals surface area contributed by atoms with Gasteiger partial charge in [-0.2, -0.15) is 0 Å². The summed E-state index contributed by atoms with van der Waals surface area (Å²) >= 11 is 5.87. The van der Waals surface area contributed by atoms with E-state index < -0.39 is 0 Å². The fraction of sp³-hybridized carbons (Fsp3) is 0.467. The van der Waals surface area contributed by atoms with Crippen LogP contribution in [0.5, 0.6) is 11.5 Å². The van der Waals surface area contributed by atoms with Crippen LogP contribution in [0.4, 0.5) is 0 Å². The highest BCUT2D eigenvalue weighted by atomic mass is 35.5. The first-order valence-electron chi connectivity index (χ1n) is 6.70. The zero-order valence-electron chi connectivity index (χ0n) is 12.4. The van der Waals surface area contributed by atoms with Crippen molar-refractivity contribution in [2.75, 3.05) is 20.3 Å². The number of ether oxygens (including phenoxy) is 2. The number of amides is 1. The first-order chi connectivity index (χ1) is 9.97. The third kappa shape index (κ3) is 5.63. The van der Waals surface area contributed by atoms with E-state index in [-0.39, 0.29) is 23.8 Å². The van der Waals surface area contributed by atoms with Gasteiger partial charge in [0, 0.05) is 17.6 Å². The number of hydrogen-bond acceptors (Lipinski definition) is 4. The summed E-state index contributed by atoms with van der Waals surface area (Å²) in [6, 6.07) is 2.99. The molecule has 0 saturated heterocycles. The molecule has 0 heterocycles. The second-order valence-corrected chi connectivity index (χ2v) is 5.40. The molecule has 0 fully saturated rings. The molecular formula is C15H20ClNO4. The molecule has 1 aromatic carbocycles. The second-order valence-electron chi connectivity index (χ2n) is 4.97. The lowest BCUT2D eigenvalue weighted by Gasteiger charge is -2.13. The third-order valence-corrected chi connectivity index (χ3v) is 3.00. The first kappa shape index (κ1) is 17.3. The molecule has 0 saturated carbocycles. The highest BCUT2D eigenvalue weighted by Crippen LogP contribution is 2.33. The van der Waals surface area contributed by atoms with E-state index in [9.17, 15) is 9.59 Å². The fourth-order valence-corrected chi connectivity index (χ4v) is 1.89. The molecule has 116 valence electrons. The van der Waals surface area contributed by atoms with Gasteiger partial charge in [0.25, 0.3) is 5.91 Å². The van der Waals surface area contributed by atoms with Gasteiger partial charge in [0.05, 0.1) is 12.7 Å². The van der Waals surface area contributed by atoms with Gasteiger partial charge in [-0.05, 0) is 18.4 Å². The molecule has 0 atom stereocenters. The normalized spacial score (nSPS) is 10.3. The number of halogens is 1. The Balaban J connectivity index is 2.66. The molecule has 0 aromatic heterocycles. The van der Waals surface area contributed by atoms with Crippen molar-refractivity contribution in [3.63, 3.8) is 0 Å². The van der Waals surface area contributed by atoms with Crippen molar-refractivity contribution >= 4 is 23.8 Å². The molecule has 0 aliphatic rings. The second kappa shape index (κ2) is 8.52. The maximum Gasteiger partial charge on any atom is 0.257 e. The molecule has 1 amide bonds. The molecular weight excluding hydrogens is 294 g/mol. The van der Waals surface area contributed by atoms with Gasteiger partial charge in [-0.15, -0.1) is 0 Å². The predicted octanol–water partition coefficient (Wildman–Crippen LogP) is 2.70. The van der Waals surface area contributed by atoms with Crippen molar-refractivity contribution < 1.29 is 19.1 Å². The monoisotopic (exact) mass is 313 g/mol. The Kier molecular flexibility index (Phi) is 7.02. The van der Waals surface area contributed by atoms with Gasteiger partial charge >= 0.3 is 0 Å². The van der Waals surface area contributed by atoms with Crippen LogP contribution in [0.3, 0.4) is 0 Å². The van der Waals surface area contributed by atoms with E-state index in [1.165, 1.54) is 19.2 Å². The smallest absolute Gasteiger partial charge is 0.257 e. The topological polar surface area (TPSA) is 64.6 Å². The summed E-state index contributed by atoms with van der Waals surface area (Å²) in [7, 11) is 1.44. The van der Waals surface area contributed by atoms with Crippen LogP contribution in [0.25, 0.3) is 0 Å². The molecule has 6 heteroatoms. The fourth-order valence-electron chi connectivity index (χ4n) is 1.67. The molecule has 1 rings (SSSR count). The SMILES string of the molecule is COc1cc(Cl)cc(C=O)c1OCC(=O)NCCC(C)C. The summed E-state index contributed by atoms with van der Waals surface area (Å²) in [6.07, 6.45) is 1.51. The zero-order valence-corrected chi connectivity index (χ0v) is 13.2. The van der Waals surface area contributed by atoms with E-state index in [2.05, 4.69) is 19.2 Å². The maximum atomic E-state index is 11.7. The Morgan fingerprint density at radius 2 is 2.14 bits per heavy atom. The van der Waals surface area contributed by atoms with E-state index in [1.54, 1.807) is 0 Å². The highest BCUT2D eigenvalue weighted by Gasteiger charge is 2.14. The van der Waals surface area contributed by atoms with Gasteiger partial charge in [0.1, 0.15) is 0 Å². The standard InChI is InChI=1S/C15H20ClNO4/c1-10(2)4-5-17-14(19)9-21-15-11(8-18)6-12(16)7-13(15)20-3/h6-8,10H,4-5,9H2,1-3H3,(H,17,19). The predicted molar refractivity (Wildman–Crippen MR) is 81.4 cm³/mol. The van der Waals surface area contributed by atoms with Gasteiger partial charge in [-0.25, -0.2) is 0 Å². The minimum atomic E-state index is -0.246. The Morgan fingerprint density at radius 1 is 1.43 bits per heavy atom. The number of rotatable bonds is 8. The van der Waals surface area contributed by atoms with Gasteiger partial charge in [-0.3, -0.25) is 9.59 Å². The Labute approximate surface area is 129 Å². The molecule has 1 aromatic rings. The summed E-state index contributed by atoms with van der Waals surface area (Å²) in [5.74, 6) is 0.809. The van der Waals surface area contributed by atoms with Crippen molar-refractivity contribution in [3.05, 3.63) is 22.7 Å². The average molecular weight is 314 g/mol. The van der Waals surface area contributed by atoms with E-state index >= 15 is 0 Å². The van der Waals surface area contributed by atoms with E-state index in [0.717, 1.165) is 6.42 Å². The number of carbonyl (C=O) groups is 2. The number of hydrogen-bond donors (Lipinski definition) is 1. The number of methoxy groups -OCH3 is 1. The van der Waals surface area contributed by atoms with E-state index in [4.69, 9.17) is 21.1 Å². The van der Waals surface area contributed by atoms with E-state index in [0.29, 0.717) is 29.5 Å². The lowest BCUT2D eigenvalue weighted by Crippen LogP contribution is -2.30. The molecule has 0 aliphatic carbocycles. The number of benzene rings is 1. The molecule has 21 heavy (non-hydrogen) atoms. The lowest BCUT2D eigenvalue weighted by molar-refractivity contribution is -0.123. The van der Waals surface area contributed by atoms with Crippen molar-refractivity contribution in [1.82, 2.24) is 5.32 Å². The maximum absolute atomic E-state index is 11.7. The number of carbonyl (C=O) groups excluding carboxylic acids is 2. The van der Waals surface area contributed by atoms with Crippen LogP contribution in [0.2, 0.25) is 5.02 Å². The molecule has 0 spiro atoms. The molecule has 0 aliphatic heterocycles. The average Bonchev–Trinajstić information content (AvgIpc) is 2.44. The Bertz CT molecular complexity index is 503. The molecule has 0 unspecified atom stereocenters. The largest absolute Gasteiger partial charge is 0.493 e. The summed E-state index contributed by atoms with van der Waals surface area (Å²) in [5.41, 5.74) is 0.245. The van der Waals surface area contributed by atoms with Crippen molar-refractivity contribution in [2.24, 2.45) is 5.92 Å². The van der Waals surface area contributed by atoms with Gasteiger partial charge in [-0.1, -0.05) is 25.4 Å². The Morgan fingerprint density at radius 3 is 2.71 bits per heavy atom. The van der Waals surface area contributed by atoms with Crippen LogP contribution in [-0.2, 0) is 4.79 Å². The summed E-state index contributed by atoms with van der Waals surface area (Å²) < 4.78 is 10.5. The van der Waals surface area contributed by atoms with Crippen LogP contribution in [-0.4, -0.2) is 32.5 Å². The quantitative estimate of drug-likeness (QED) is 0.749. The summed E-state index contributed by atoms with van der Waals surface area (Å²) in [4.78, 5) is 22.7. The summed E-state index contributed by atoms with van der Waals surface area (Å²) in [5, 5.41) is 3.12. The number of nitrogens with one attached hydrogen (secondary N) is 1. The molecule has 0 radical (unpaired) electrons. The highest BCUT2D eigenvalue weighted by molar-refractivity contribution is 6.31. The minimum absolute atomic E-state index is 0.184. The van der Waals surface area contributed by atoms with Crippen LogP contribution in [0.15, 0.2) is 12.1 Å². The number of aldehydes is 1. The van der Waals surface area contributed by atoms with Crippen LogP contribution >= 0.6 is 11.6 Å². The van der Waals surface area contributed by atoms with Crippen LogP contribution < -0.4 is 14.8 Å². The van der Waals surface area contributed by atoms with E-state index in [1.807, 2.05) is 0 Å². The lowest BCUT2D eigenvalue weighted by atomic mass is 10.1. The zero-order chi connectivity index (χ0) is 15.8. The van der Waals surface area contributed by atoms with Gasteiger partial charge in [0.2, 0.25) is 0 Å². The summed E-state index contributed by atoms with van der Waals surface area (Å²) in [6.45, 7) is 4.57. The molecule has 1 N–H and O–H groups in total. The minimum Gasteiger partial charge on any atom is -0.493 e. The Hall–Kier alpha value is -1.75. The van der Waals surface area contributed by atoms with Crippen molar-refractivity contribution in [3.8, 4) is 11.5 Å². The molecule has 5 nitrogen and oxygen atoms in total. The van der Waals surface area contributed by atoms with Crippen molar-refractivity contribution in [2.45, 2.75) is 20.3 Å². The van der Waals surface area contributed by atoms with Gasteiger partial charge in [0.15, 0.2) is 24.4 Å². The first-order valence-corrected chi connectivity index (χ1v) is 7.08. The van der Waals surface area contributed by atoms with Crippen LogP contribution in [0.1, 0.15) is 30.6 Å². The molecule has 0 bridgehead atoms. The van der Waals surface area contributed by atoms with Crippen LogP contribution in [0, 0.1) is 5.92 Å². The van der Waals surface area contributed by atoms with Gasteiger partial charge < -0.3 is 14.8 Å². The van der Waals surface area contributed by atoms with Crippen molar-refractivity contribution in [1.29, 1.82) is 0 Å². The third-order valence-electron chi connectivity index (χ3n) is 2.79.